The van der Waals surface area contributed by atoms with Crippen molar-refractivity contribution in [3.63, 3.8) is 0 Å². The van der Waals surface area contributed by atoms with Gasteiger partial charge in [-0.1, -0.05) is 26.0 Å². The van der Waals surface area contributed by atoms with E-state index in [2.05, 4.69) is 13.8 Å². The number of nitrogens with zero attached hydrogens (tertiary/aromatic N) is 1. The van der Waals surface area contributed by atoms with E-state index in [4.69, 9.17) is 5.11 Å². The maximum atomic E-state index is 13.0. The molecule has 132 valence electrons. The lowest BCUT2D eigenvalue weighted by atomic mass is 9.99. The molecule has 0 saturated heterocycles. The van der Waals surface area contributed by atoms with Crippen LogP contribution in [-0.2, 0) is 16.4 Å². The lowest BCUT2D eigenvalue weighted by Crippen LogP contribution is -2.29. The van der Waals surface area contributed by atoms with Crippen molar-refractivity contribution in [3.05, 3.63) is 59.2 Å². The molecular formula is C19H21NO4S. The van der Waals surface area contributed by atoms with E-state index in [0.29, 0.717) is 24.6 Å². The minimum absolute atomic E-state index is 0.177. The van der Waals surface area contributed by atoms with Gasteiger partial charge in [-0.25, -0.2) is 13.2 Å². The van der Waals surface area contributed by atoms with Crippen LogP contribution in [-0.4, -0.2) is 26.0 Å². The molecule has 2 aromatic carbocycles. The highest BCUT2D eigenvalue weighted by molar-refractivity contribution is 7.92. The molecule has 1 aliphatic rings. The summed E-state index contributed by atoms with van der Waals surface area (Å²) in [6.07, 6.45) is 1.51. The maximum absolute atomic E-state index is 13.0. The first-order chi connectivity index (χ1) is 11.8. The zero-order valence-electron chi connectivity index (χ0n) is 14.3. The molecule has 3 rings (SSSR count). The van der Waals surface area contributed by atoms with Crippen LogP contribution in [0.2, 0.25) is 0 Å². The van der Waals surface area contributed by atoms with Crippen LogP contribution < -0.4 is 4.31 Å². The number of anilines is 1. The molecule has 1 aliphatic heterocycles. The Labute approximate surface area is 148 Å². The molecule has 0 radical (unpaired) electrons. The van der Waals surface area contributed by atoms with Crippen molar-refractivity contribution in [2.45, 2.75) is 37.5 Å². The summed E-state index contributed by atoms with van der Waals surface area (Å²) in [6, 6.07) is 11.6. The van der Waals surface area contributed by atoms with E-state index in [-0.39, 0.29) is 10.5 Å². The van der Waals surface area contributed by atoms with Crippen molar-refractivity contribution >= 4 is 21.7 Å². The summed E-state index contributed by atoms with van der Waals surface area (Å²) in [5, 5.41) is 9.08. The van der Waals surface area contributed by atoms with Crippen LogP contribution in [0.3, 0.4) is 0 Å². The van der Waals surface area contributed by atoms with Crippen LogP contribution in [0.25, 0.3) is 0 Å². The third kappa shape index (κ3) is 3.14. The highest BCUT2D eigenvalue weighted by Gasteiger charge is 2.31. The number of sulfonamides is 1. The highest BCUT2D eigenvalue weighted by atomic mass is 32.2. The molecular weight excluding hydrogens is 338 g/mol. The van der Waals surface area contributed by atoms with Crippen molar-refractivity contribution in [3.8, 4) is 0 Å². The van der Waals surface area contributed by atoms with Gasteiger partial charge in [0.05, 0.1) is 16.1 Å². The summed E-state index contributed by atoms with van der Waals surface area (Å²) in [5.74, 6) is -0.622. The molecule has 1 heterocycles. The SMILES string of the molecule is CCC(C)c1ccc(S(=O)(=O)N2CCc3cc(C(=O)O)ccc32)cc1. The van der Waals surface area contributed by atoms with Crippen LogP contribution in [0.4, 0.5) is 5.69 Å². The van der Waals surface area contributed by atoms with Gasteiger partial charge in [0.25, 0.3) is 10.0 Å². The van der Waals surface area contributed by atoms with Crippen LogP contribution in [0.15, 0.2) is 47.4 Å². The number of hydrogen-bond donors (Lipinski definition) is 1. The van der Waals surface area contributed by atoms with Crippen molar-refractivity contribution in [2.75, 3.05) is 10.8 Å². The molecule has 1 atom stereocenters. The van der Waals surface area contributed by atoms with E-state index in [1.54, 1.807) is 24.3 Å². The smallest absolute Gasteiger partial charge is 0.335 e. The minimum Gasteiger partial charge on any atom is -0.478 e. The fourth-order valence-corrected chi connectivity index (χ4v) is 4.59. The van der Waals surface area contributed by atoms with Crippen LogP contribution in [0.1, 0.15) is 47.7 Å². The first kappa shape index (κ1) is 17.5. The zero-order chi connectivity index (χ0) is 18.2. The van der Waals surface area contributed by atoms with Gasteiger partial charge in [-0.15, -0.1) is 0 Å². The van der Waals surface area contributed by atoms with E-state index in [9.17, 15) is 13.2 Å². The number of carbonyl (C=O) groups is 1. The van der Waals surface area contributed by atoms with Gasteiger partial charge in [-0.05, 0) is 60.2 Å². The van der Waals surface area contributed by atoms with Crippen LogP contribution >= 0.6 is 0 Å². The largest absolute Gasteiger partial charge is 0.478 e. The summed E-state index contributed by atoms with van der Waals surface area (Å²) in [4.78, 5) is 11.3. The second-order valence-electron chi connectivity index (χ2n) is 6.35. The van der Waals surface area contributed by atoms with Crippen molar-refractivity contribution in [1.29, 1.82) is 0 Å². The third-order valence-corrected chi connectivity index (χ3v) is 6.66. The van der Waals surface area contributed by atoms with Gasteiger partial charge < -0.3 is 5.11 Å². The minimum atomic E-state index is -3.65. The summed E-state index contributed by atoms with van der Waals surface area (Å²) in [5.41, 5.74) is 2.61. The Balaban J connectivity index is 1.94. The molecule has 25 heavy (non-hydrogen) atoms. The number of aromatic carboxylic acids is 1. The summed E-state index contributed by atoms with van der Waals surface area (Å²) < 4.78 is 27.3. The topological polar surface area (TPSA) is 74.7 Å². The summed E-state index contributed by atoms with van der Waals surface area (Å²) in [6.45, 7) is 4.54. The number of carboxylic acids is 1. The Bertz CT molecular complexity index is 904. The number of fused-ring (bicyclic) bond motifs is 1. The van der Waals surface area contributed by atoms with Crippen LogP contribution in [0, 0.1) is 0 Å². The summed E-state index contributed by atoms with van der Waals surface area (Å²) in [7, 11) is -3.65. The Morgan fingerprint density at radius 1 is 1.20 bits per heavy atom. The number of benzene rings is 2. The van der Waals surface area contributed by atoms with Gasteiger partial charge in [-0.3, -0.25) is 4.31 Å². The van der Waals surface area contributed by atoms with Crippen LogP contribution in [0.5, 0.6) is 0 Å². The first-order valence-electron chi connectivity index (χ1n) is 8.33. The van der Waals surface area contributed by atoms with Gasteiger partial charge in [0.1, 0.15) is 0 Å². The average Bonchev–Trinajstić information content (AvgIpc) is 3.05. The zero-order valence-corrected chi connectivity index (χ0v) is 15.1. The Morgan fingerprint density at radius 3 is 2.48 bits per heavy atom. The van der Waals surface area contributed by atoms with E-state index >= 15 is 0 Å². The third-order valence-electron chi connectivity index (χ3n) is 4.83. The highest BCUT2D eigenvalue weighted by Crippen LogP contribution is 2.34. The number of carboxylic acid groups (broad SMARTS) is 1. The quantitative estimate of drug-likeness (QED) is 0.884. The maximum Gasteiger partial charge on any atom is 0.335 e. The van der Waals surface area contributed by atoms with Gasteiger partial charge >= 0.3 is 5.97 Å². The monoisotopic (exact) mass is 359 g/mol. The van der Waals surface area contributed by atoms with Crippen molar-refractivity contribution < 1.29 is 18.3 Å². The second-order valence-corrected chi connectivity index (χ2v) is 8.22. The van der Waals surface area contributed by atoms with Gasteiger partial charge in [0.2, 0.25) is 0 Å². The molecule has 0 amide bonds. The molecule has 0 bridgehead atoms. The Morgan fingerprint density at radius 2 is 1.88 bits per heavy atom. The van der Waals surface area contributed by atoms with E-state index in [0.717, 1.165) is 17.5 Å². The molecule has 0 aliphatic carbocycles. The van der Waals surface area contributed by atoms with E-state index in [1.165, 1.54) is 10.4 Å². The molecule has 0 aromatic heterocycles. The predicted molar refractivity (Wildman–Crippen MR) is 96.8 cm³/mol. The predicted octanol–water partition coefficient (Wildman–Crippen LogP) is 3.65. The molecule has 5 nitrogen and oxygen atoms in total. The molecule has 0 fully saturated rings. The molecule has 2 aromatic rings. The number of rotatable bonds is 5. The molecule has 0 spiro atoms. The molecule has 6 heteroatoms. The Kier molecular flexibility index (Phi) is 4.56. The fraction of sp³-hybridized carbons (Fsp3) is 0.316. The fourth-order valence-electron chi connectivity index (χ4n) is 3.09. The lowest BCUT2D eigenvalue weighted by molar-refractivity contribution is 0.0697. The molecule has 1 N–H and O–H groups in total. The lowest BCUT2D eigenvalue weighted by Gasteiger charge is -2.20. The van der Waals surface area contributed by atoms with Crippen molar-refractivity contribution in [2.24, 2.45) is 0 Å². The first-order valence-corrected chi connectivity index (χ1v) is 9.77. The van der Waals surface area contributed by atoms with E-state index in [1.807, 2.05) is 12.1 Å². The second kappa shape index (κ2) is 6.52. The van der Waals surface area contributed by atoms with Gasteiger partial charge in [-0.2, -0.15) is 0 Å². The number of hydrogen-bond acceptors (Lipinski definition) is 3. The summed E-state index contributed by atoms with van der Waals surface area (Å²) >= 11 is 0. The van der Waals surface area contributed by atoms with Crippen molar-refractivity contribution in [1.82, 2.24) is 0 Å². The molecule has 0 saturated carbocycles. The van der Waals surface area contributed by atoms with Gasteiger partial charge in [0, 0.05) is 6.54 Å². The standard InChI is InChI=1S/C19H21NO4S/c1-3-13(2)14-4-7-17(8-5-14)25(23,24)20-11-10-15-12-16(19(21)22)6-9-18(15)20/h4-9,12-13H,3,10-11H2,1-2H3,(H,21,22). The van der Waals surface area contributed by atoms with Gasteiger partial charge in [0.15, 0.2) is 0 Å². The Hall–Kier alpha value is -2.34. The van der Waals surface area contributed by atoms with E-state index < -0.39 is 16.0 Å². The average molecular weight is 359 g/mol. The normalized spacial score (nSPS) is 15.0. The molecule has 1 unspecified atom stereocenters.